The Morgan fingerprint density at radius 3 is 3.00 bits per heavy atom. The molecule has 0 saturated carbocycles. The molecule has 1 aliphatic heterocycles. The molecule has 1 aliphatic rings. The van der Waals surface area contributed by atoms with Gasteiger partial charge >= 0.3 is 0 Å². The Hall–Kier alpha value is -1.62. The van der Waals surface area contributed by atoms with Crippen molar-refractivity contribution in [3.05, 3.63) is 30.9 Å². The lowest BCUT2D eigenvalue weighted by atomic mass is 10.2. The second kappa shape index (κ2) is 4.71. The van der Waals surface area contributed by atoms with E-state index in [1.165, 1.54) is 6.08 Å². The summed E-state index contributed by atoms with van der Waals surface area (Å²) in [5.41, 5.74) is 0.661. The van der Waals surface area contributed by atoms with Gasteiger partial charge in [0, 0.05) is 22.0 Å². The molecule has 5 heteroatoms. The van der Waals surface area contributed by atoms with Crippen LogP contribution in [0, 0.1) is 0 Å². The van der Waals surface area contributed by atoms with Gasteiger partial charge in [-0.05, 0) is 24.3 Å². The Labute approximate surface area is 102 Å². The van der Waals surface area contributed by atoms with Crippen molar-refractivity contribution >= 4 is 22.4 Å². The molecule has 1 unspecified atom stereocenters. The fourth-order valence-corrected chi connectivity index (χ4v) is 2.25. The lowest BCUT2D eigenvalue weighted by molar-refractivity contribution is -0.114. The zero-order valence-corrected chi connectivity index (χ0v) is 10.3. The molecule has 17 heavy (non-hydrogen) atoms. The highest BCUT2D eigenvalue weighted by molar-refractivity contribution is 7.84. The van der Waals surface area contributed by atoms with Crippen molar-refractivity contribution in [2.45, 2.75) is 4.90 Å². The average Bonchev–Trinajstić information content (AvgIpc) is 2.36. The average molecular weight is 251 g/mol. The van der Waals surface area contributed by atoms with E-state index in [0.29, 0.717) is 29.5 Å². The minimum Gasteiger partial charge on any atom is -0.490 e. The number of carbonyl (C=O) groups is 1. The van der Waals surface area contributed by atoms with Crippen LogP contribution in [0.4, 0.5) is 5.69 Å². The Balaban J connectivity index is 2.47. The molecule has 0 aromatic heterocycles. The zero-order valence-electron chi connectivity index (χ0n) is 9.51. The summed E-state index contributed by atoms with van der Waals surface area (Å²) >= 11 is 0. The summed E-state index contributed by atoms with van der Waals surface area (Å²) < 4.78 is 16.9. The number of hydrogen-bond donors (Lipinski definition) is 0. The van der Waals surface area contributed by atoms with Gasteiger partial charge in [0.1, 0.15) is 12.4 Å². The van der Waals surface area contributed by atoms with Crippen LogP contribution < -0.4 is 9.64 Å². The second-order valence-corrected chi connectivity index (χ2v) is 5.01. The third kappa shape index (κ3) is 2.24. The van der Waals surface area contributed by atoms with Crippen LogP contribution in [0.5, 0.6) is 5.75 Å². The van der Waals surface area contributed by atoms with Crippen LogP contribution in [0.2, 0.25) is 0 Å². The molecule has 0 radical (unpaired) electrons. The van der Waals surface area contributed by atoms with Gasteiger partial charge in [0.15, 0.2) is 0 Å². The van der Waals surface area contributed by atoms with Gasteiger partial charge in [-0.1, -0.05) is 6.58 Å². The number of nitrogens with zero attached hydrogens (tertiary/aromatic N) is 1. The van der Waals surface area contributed by atoms with Crippen LogP contribution in [0.15, 0.2) is 35.7 Å². The van der Waals surface area contributed by atoms with E-state index in [2.05, 4.69) is 6.58 Å². The molecule has 1 aromatic rings. The molecule has 2 rings (SSSR count). The first-order chi connectivity index (χ1) is 8.13. The van der Waals surface area contributed by atoms with Gasteiger partial charge in [-0.3, -0.25) is 9.00 Å². The van der Waals surface area contributed by atoms with Crippen molar-refractivity contribution in [1.82, 2.24) is 0 Å². The number of carbonyl (C=O) groups excluding carboxylic acids is 1. The molecule has 0 bridgehead atoms. The van der Waals surface area contributed by atoms with E-state index in [1.54, 1.807) is 29.4 Å². The van der Waals surface area contributed by atoms with E-state index >= 15 is 0 Å². The topological polar surface area (TPSA) is 46.6 Å². The number of fused-ring (bicyclic) bond motifs is 1. The first-order valence-electron chi connectivity index (χ1n) is 5.17. The van der Waals surface area contributed by atoms with Crippen LogP contribution in [-0.2, 0) is 15.6 Å². The molecule has 0 fully saturated rings. The van der Waals surface area contributed by atoms with Gasteiger partial charge in [-0.25, -0.2) is 0 Å². The summed E-state index contributed by atoms with van der Waals surface area (Å²) in [4.78, 5) is 13.9. The highest BCUT2D eigenvalue weighted by Gasteiger charge is 2.22. The van der Waals surface area contributed by atoms with Crippen molar-refractivity contribution < 1.29 is 13.7 Å². The zero-order chi connectivity index (χ0) is 12.4. The number of hydrogen-bond acceptors (Lipinski definition) is 3. The van der Waals surface area contributed by atoms with E-state index in [1.807, 2.05) is 0 Å². The van der Waals surface area contributed by atoms with Crippen molar-refractivity contribution in [1.29, 1.82) is 0 Å². The number of ether oxygens (including phenoxy) is 1. The highest BCUT2D eigenvalue weighted by Crippen LogP contribution is 2.33. The molecule has 1 amide bonds. The van der Waals surface area contributed by atoms with Gasteiger partial charge in [-0.15, -0.1) is 0 Å². The van der Waals surface area contributed by atoms with Gasteiger partial charge in [0.25, 0.3) is 5.91 Å². The first-order valence-corrected chi connectivity index (χ1v) is 6.73. The van der Waals surface area contributed by atoms with E-state index in [0.717, 1.165) is 0 Å². The molecule has 1 atom stereocenters. The SMILES string of the molecule is C=CC(=O)N1CCOc2ccc(S(C)=O)cc21. The predicted octanol–water partition coefficient (Wildman–Crippen LogP) is 1.34. The van der Waals surface area contributed by atoms with Crippen LogP contribution in [-0.4, -0.2) is 29.5 Å². The van der Waals surface area contributed by atoms with E-state index in [9.17, 15) is 9.00 Å². The predicted molar refractivity (Wildman–Crippen MR) is 66.8 cm³/mol. The van der Waals surface area contributed by atoms with Gasteiger partial charge in [0.05, 0.1) is 12.2 Å². The Morgan fingerprint density at radius 2 is 2.35 bits per heavy atom. The standard InChI is InChI=1S/C12H13NO3S/c1-3-12(14)13-6-7-16-11-5-4-9(17(2)15)8-10(11)13/h3-5,8H,1,6-7H2,2H3. The van der Waals surface area contributed by atoms with E-state index < -0.39 is 10.8 Å². The minimum absolute atomic E-state index is 0.173. The molecule has 90 valence electrons. The fraction of sp³-hybridized carbons (Fsp3) is 0.250. The van der Waals surface area contributed by atoms with Crippen LogP contribution in [0.3, 0.4) is 0 Å². The normalized spacial score (nSPS) is 15.7. The van der Waals surface area contributed by atoms with Crippen LogP contribution >= 0.6 is 0 Å². The summed E-state index contributed by atoms with van der Waals surface area (Å²) in [6.45, 7) is 4.42. The molecule has 0 spiro atoms. The quantitative estimate of drug-likeness (QED) is 0.745. The van der Waals surface area contributed by atoms with Gasteiger partial charge < -0.3 is 9.64 Å². The molecule has 0 aliphatic carbocycles. The summed E-state index contributed by atoms with van der Waals surface area (Å²) in [6, 6.07) is 5.22. The third-order valence-corrected chi connectivity index (χ3v) is 3.48. The van der Waals surface area contributed by atoms with Crippen molar-refractivity contribution in [3.8, 4) is 5.75 Å². The number of anilines is 1. The number of rotatable bonds is 2. The number of benzene rings is 1. The van der Waals surface area contributed by atoms with E-state index in [-0.39, 0.29) is 5.91 Å². The monoisotopic (exact) mass is 251 g/mol. The van der Waals surface area contributed by atoms with Gasteiger partial charge in [0.2, 0.25) is 0 Å². The minimum atomic E-state index is -1.08. The smallest absolute Gasteiger partial charge is 0.250 e. The molecule has 4 nitrogen and oxygen atoms in total. The van der Waals surface area contributed by atoms with Crippen LogP contribution in [0.25, 0.3) is 0 Å². The van der Waals surface area contributed by atoms with Gasteiger partial charge in [-0.2, -0.15) is 0 Å². The maximum absolute atomic E-state index is 11.7. The Bertz CT molecular complexity index is 499. The Morgan fingerprint density at radius 1 is 1.59 bits per heavy atom. The lowest BCUT2D eigenvalue weighted by Gasteiger charge is -2.28. The summed E-state index contributed by atoms with van der Waals surface area (Å²) in [5.74, 6) is 0.467. The van der Waals surface area contributed by atoms with Crippen molar-refractivity contribution in [3.63, 3.8) is 0 Å². The lowest BCUT2D eigenvalue weighted by Crippen LogP contribution is -2.36. The molecule has 1 aromatic carbocycles. The molecule has 1 heterocycles. The Kier molecular flexibility index (Phi) is 3.28. The molecule has 0 N–H and O–H groups in total. The summed E-state index contributed by atoms with van der Waals surface area (Å²) in [7, 11) is -1.08. The number of amides is 1. The van der Waals surface area contributed by atoms with Crippen LogP contribution in [0.1, 0.15) is 0 Å². The third-order valence-electron chi connectivity index (χ3n) is 2.57. The molecule has 0 saturated heterocycles. The maximum Gasteiger partial charge on any atom is 0.250 e. The molecular formula is C12H13NO3S. The first kappa shape index (κ1) is 11.9. The molecular weight excluding hydrogens is 238 g/mol. The summed E-state index contributed by atoms with van der Waals surface area (Å²) in [6.07, 6.45) is 2.87. The summed E-state index contributed by atoms with van der Waals surface area (Å²) in [5, 5.41) is 0. The second-order valence-electron chi connectivity index (χ2n) is 3.63. The van der Waals surface area contributed by atoms with Crippen molar-refractivity contribution in [2.75, 3.05) is 24.3 Å². The van der Waals surface area contributed by atoms with E-state index in [4.69, 9.17) is 4.74 Å². The van der Waals surface area contributed by atoms with Crippen molar-refractivity contribution in [2.24, 2.45) is 0 Å². The fourth-order valence-electron chi connectivity index (χ4n) is 1.72. The maximum atomic E-state index is 11.7. The highest BCUT2D eigenvalue weighted by atomic mass is 32.2. The largest absolute Gasteiger partial charge is 0.490 e.